The Bertz CT molecular complexity index is 436. The van der Waals surface area contributed by atoms with Gasteiger partial charge in [-0.3, -0.25) is 9.59 Å². The van der Waals surface area contributed by atoms with Crippen LogP contribution in [-0.4, -0.2) is 53.0 Å². The minimum absolute atomic E-state index is 0.0662. The van der Waals surface area contributed by atoms with E-state index in [1.807, 2.05) is 4.90 Å². The van der Waals surface area contributed by atoms with Crippen LogP contribution in [0.3, 0.4) is 0 Å². The third kappa shape index (κ3) is 5.11. The highest BCUT2D eigenvalue weighted by atomic mass is 19.4. The minimum atomic E-state index is -4.29. The molecule has 1 saturated carbocycles. The lowest BCUT2D eigenvalue weighted by atomic mass is 9.89. The van der Waals surface area contributed by atoms with E-state index >= 15 is 0 Å². The zero-order chi connectivity index (χ0) is 17.0. The molecule has 1 aliphatic carbocycles. The maximum atomic E-state index is 12.2. The first kappa shape index (κ1) is 18.1. The molecule has 0 aromatic rings. The molecule has 132 valence electrons. The average Bonchev–Trinajstić information content (AvgIpc) is 2.64. The molecule has 1 aliphatic heterocycles. The molecule has 7 heteroatoms. The molecule has 0 bridgehead atoms. The number of hydrogen-bond donors (Lipinski definition) is 0. The molecule has 0 N–H and O–H groups in total. The Morgan fingerprint density at radius 1 is 1.04 bits per heavy atom. The van der Waals surface area contributed by atoms with Crippen LogP contribution in [0.5, 0.6) is 0 Å². The molecule has 0 spiro atoms. The van der Waals surface area contributed by atoms with E-state index in [2.05, 4.69) is 0 Å². The maximum Gasteiger partial charge on any atom is 0.389 e. The van der Waals surface area contributed by atoms with Crippen LogP contribution in [-0.2, 0) is 9.59 Å². The number of nitrogens with zero attached hydrogens (tertiary/aromatic N) is 2. The van der Waals surface area contributed by atoms with Gasteiger partial charge in [-0.05, 0) is 38.5 Å². The summed E-state index contributed by atoms with van der Waals surface area (Å²) < 4.78 is 36.7. The molecular formula is C16H25F3N2O2. The van der Waals surface area contributed by atoms with Gasteiger partial charge in [0.2, 0.25) is 11.8 Å². The first-order valence-corrected chi connectivity index (χ1v) is 8.41. The average molecular weight is 334 g/mol. The molecule has 0 radical (unpaired) electrons. The lowest BCUT2D eigenvalue weighted by Gasteiger charge is -2.42. The summed E-state index contributed by atoms with van der Waals surface area (Å²) in [5, 5.41) is 0. The molecule has 0 aromatic carbocycles. The van der Waals surface area contributed by atoms with Crippen LogP contribution in [0.2, 0.25) is 0 Å². The van der Waals surface area contributed by atoms with Crippen LogP contribution >= 0.6 is 0 Å². The third-order valence-corrected chi connectivity index (χ3v) is 4.90. The molecular weight excluding hydrogens is 309 g/mol. The molecule has 0 unspecified atom stereocenters. The fourth-order valence-electron chi connectivity index (χ4n) is 3.49. The van der Waals surface area contributed by atoms with Crippen LogP contribution in [0.1, 0.15) is 58.3 Å². The van der Waals surface area contributed by atoms with Crippen molar-refractivity contribution in [3.8, 4) is 0 Å². The quantitative estimate of drug-likeness (QED) is 0.793. The zero-order valence-electron chi connectivity index (χ0n) is 13.6. The summed E-state index contributed by atoms with van der Waals surface area (Å²) in [6.07, 6.45) is -0.413. The van der Waals surface area contributed by atoms with Crippen LogP contribution in [0, 0.1) is 0 Å². The fourth-order valence-corrected chi connectivity index (χ4v) is 3.49. The van der Waals surface area contributed by atoms with E-state index in [0.717, 1.165) is 32.1 Å². The third-order valence-electron chi connectivity index (χ3n) is 4.90. The lowest BCUT2D eigenvalue weighted by molar-refractivity contribution is -0.149. The summed E-state index contributed by atoms with van der Waals surface area (Å²) in [7, 11) is 0. The highest BCUT2D eigenvalue weighted by Gasteiger charge is 2.34. The van der Waals surface area contributed by atoms with E-state index in [1.165, 1.54) is 4.90 Å². The second kappa shape index (κ2) is 7.53. The highest BCUT2D eigenvalue weighted by molar-refractivity contribution is 5.76. The minimum Gasteiger partial charge on any atom is -0.343 e. The number of amides is 2. The Kier molecular flexibility index (Phi) is 5.92. The van der Waals surface area contributed by atoms with Gasteiger partial charge in [-0.15, -0.1) is 0 Å². The van der Waals surface area contributed by atoms with Crippen molar-refractivity contribution >= 4 is 11.8 Å². The van der Waals surface area contributed by atoms with Gasteiger partial charge < -0.3 is 9.80 Å². The highest BCUT2D eigenvalue weighted by Crippen LogP contribution is 2.30. The van der Waals surface area contributed by atoms with Gasteiger partial charge in [0.15, 0.2) is 0 Å². The smallest absolute Gasteiger partial charge is 0.343 e. The monoisotopic (exact) mass is 334 g/mol. The summed E-state index contributed by atoms with van der Waals surface area (Å²) in [5.74, 6) is -0.363. The van der Waals surface area contributed by atoms with E-state index in [4.69, 9.17) is 0 Å². The van der Waals surface area contributed by atoms with Crippen molar-refractivity contribution in [3.05, 3.63) is 0 Å². The molecule has 1 heterocycles. The Balaban J connectivity index is 1.88. The Hall–Kier alpha value is -1.27. The zero-order valence-corrected chi connectivity index (χ0v) is 13.6. The van der Waals surface area contributed by atoms with Crippen LogP contribution in [0.15, 0.2) is 0 Å². The molecule has 2 rings (SSSR count). The SMILES string of the molecule is CC(=O)N(C1CCC1)[C@@H]1CCCN(C(=O)CCC(F)(F)F)CC1. The van der Waals surface area contributed by atoms with Crippen LogP contribution < -0.4 is 0 Å². The van der Waals surface area contributed by atoms with Crippen molar-refractivity contribution < 1.29 is 22.8 Å². The standard InChI is InChI=1S/C16H25F3N2O2/c1-12(22)21(13-4-2-5-13)14-6-3-10-20(11-8-14)15(23)7-9-16(17,18)19/h13-14H,2-11H2,1H3/t14-/m1/s1. The number of rotatable bonds is 4. The molecule has 1 saturated heterocycles. The molecule has 2 aliphatic rings. The van der Waals surface area contributed by atoms with E-state index in [-0.39, 0.29) is 11.9 Å². The van der Waals surface area contributed by atoms with Gasteiger partial charge in [0.25, 0.3) is 0 Å². The van der Waals surface area contributed by atoms with Gasteiger partial charge >= 0.3 is 6.18 Å². The Morgan fingerprint density at radius 3 is 2.17 bits per heavy atom. The van der Waals surface area contributed by atoms with E-state index in [0.29, 0.717) is 25.6 Å². The summed E-state index contributed by atoms with van der Waals surface area (Å²) in [5.41, 5.74) is 0. The number of alkyl halides is 3. The van der Waals surface area contributed by atoms with Crippen molar-refractivity contribution in [2.24, 2.45) is 0 Å². The van der Waals surface area contributed by atoms with Crippen molar-refractivity contribution in [1.82, 2.24) is 9.80 Å². The van der Waals surface area contributed by atoms with Crippen LogP contribution in [0.4, 0.5) is 13.2 Å². The summed E-state index contributed by atoms with van der Waals surface area (Å²) in [4.78, 5) is 27.4. The number of carbonyl (C=O) groups is 2. The number of likely N-dealkylation sites (tertiary alicyclic amines) is 1. The van der Waals surface area contributed by atoms with Crippen molar-refractivity contribution in [2.45, 2.75) is 76.6 Å². The summed E-state index contributed by atoms with van der Waals surface area (Å²) >= 11 is 0. The van der Waals surface area contributed by atoms with Gasteiger partial charge in [-0.1, -0.05) is 0 Å². The first-order valence-electron chi connectivity index (χ1n) is 8.41. The predicted octanol–water partition coefficient (Wildman–Crippen LogP) is 3.11. The van der Waals surface area contributed by atoms with Gasteiger partial charge in [0.05, 0.1) is 6.42 Å². The number of hydrogen-bond acceptors (Lipinski definition) is 2. The molecule has 4 nitrogen and oxygen atoms in total. The molecule has 23 heavy (non-hydrogen) atoms. The van der Waals surface area contributed by atoms with Gasteiger partial charge in [0.1, 0.15) is 0 Å². The van der Waals surface area contributed by atoms with Gasteiger partial charge in [0, 0.05) is 38.5 Å². The summed E-state index contributed by atoms with van der Waals surface area (Å²) in [6, 6.07) is 0.420. The normalized spacial score (nSPS) is 23.1. The maximum absolute atomic E-state index is 12.2. The molecule has 2 amide bonds. The van der Waals surface area contributed by atoms with Crippen LogP contribution in [0.25, 0.3) is 0 Å². The van der Waals surface area contributed by atoms with E-state index in [9.17, 15) is 22.8 Å². The fraction of sp³-hybridized carbons (Fsp3) is 0.875. The Labute approximate surface area is 135 Å². The van der Waals surface area contributed by atoms with Gasteiger partial charge in [-0.2, -0.15) is 13.2 Å². The number of carbonyl (C=O) groups excluding carboxylic acids is 2. The number of halogens is 3. The second-order valence-corrected chi connectivity index (χ2v) is 6.59. The van der Waals surface area contributed by atoms with E-state index in [1.54, 1.807) is 6.92 Å². The topological polar surface area (TPSA) is 40.6 Å². The van der Waals surface area contributed by atoms with Crippen molar-refractivity contribution in [3.63, 3.8) is 0 Å². The molecule has 1 atom stereocenters. The first-order chi connectivity index (χ1) is 10.8. The molecule has 0 aromatic heterocycles. The van der Waals surface area contributed by atoms with E-state index < -0.39 is 24.9 Å². The predicted molar refractivity (Wildman–Crippen MR) is 79.7 cm³/mol. The largest absolute Gasteiger partial charge is 0.389 e. The Morgan fingerprint density at radius 2 is 1.65 bits per heavy atom. The van der Waals surface area contributed by atoms with Crippen molar-refractivity contribution in [1.29, 1.82) is 0 Å². The second-order valence-electron chi connectivity index (χ2n) is 6.59. The lowest BCUT2D eigenvalue weighted by Crippen LogP contribution is -2.49. The van der Waals surface area contributed by atoms with Crippen molar-refractivity contribution in [2.75, 3.05) is 13.1 Å². The van der Waals surface area contributed by atoms with Gasteiger partial charge in [-0.25, -0.2) is 0 Å². The summed E-state index contributed by atoms with van der Waals surface area (Å²) in [6.45, 7) is 2.51. The molecule has 2 fully saturated rings.